The average Bonchev–Trinajstić information content (AvgIpc) is 3.12. The summed E-state index contributed by atoms with van der Waals surface area (Å²) < 4.78 is 0. The van der Waals surface area contributed by atoms with E-state index in [1.54, 1.807) is 6.20 Å². The fourth-order valence-corrected chi connectivity index (χ4v) is 4.26. The minimum absolute atomic E-state index is 0.103. The number of aromatic amines is 1. The Kier molecular flexibility index (Phi) is 4.28. The molecule has 0 aliphatic carbocycles. The zero-order valence-electron chi connectivity index (χ0n) is 16.2. The molecule has 0 fully saturated rings. The zero-order valence-corrected chi connectivity index (χ0v) is 16.2. The van der Waals surface area contributed by atoms with Gasteiger partial charge >= 0.3 is 6.03 Å². The summed E-state index contributed by atoms with van der Waals surface area (Å²) in [7, 11) is 0. The molecule has 1 aliphatic heterocycles. The molecule has 144 valence electrons. The van der Waals surface area contributed by atoms with Gasteiger partial charge in [-0.15, -0.1) is 0 Å². The Bertz CT molecular complexity index is 1180. The second-order valence-electron chi connectivity index (χ2n) is 7.49. The van der Waals surface area contributed by atoms with Gasteiger partial charge in [0.05, 0.1) is 0 Å². The van der Waals surface area contributed by atoms with Crippen molar-refractivity contribution in [1.29, 1.82) is 0 Å². The fraction of sp³-hybridized carbons (Fsp3) is 0.167. The monoisotopic (exact) mass is 382 g/mol. The number of anilines is 1. The van der Waals surface area contributed by atoms with E-state index in [1.807, 2.05) is 60.5 Å². The Labute approximate surface area is 169 Å². The SMILES string of the molecule is Cc1cccc(NC(=O)N2CCc3c([nH]c4ccccc34)C2c2cccnc2)c1. The highest BCUT2D eigenvalue weighted by molar-refractivity contribution is 5.91. The summed E-state index contributed by atoms with van der Waals surface area (Å²) in [5.74, 6) is 0. The van der Waals surface area contributed by atoms with Gasteiger partial charge in [0.2, 0.25) is 0 Å². The lowest BCUT2D eigenvalue weighted by atomic mass is 9.93. The van der Waals surface area contributed by atoms with Gasteiger partial charge in [0, 0.05) is 41.2 Å². The molecule has 29 heavy (non-hydrogen) atoms. The van der Waals surface area contributed by atoms with E-state index in [4.69, 9.17) is 0 Å². The number of amides is 2. The maximum atomic E-state index is 13.3. The number of para-hydroxylation sites is 1. The third kappa shape index (κ3) is 3.14. The molecule has 2 N–H and O–H groups in total. The molecule has 4 aromatic rings. The molecular formula is C24H22N4O. The van der Waals surface area contributed by atoms with Gasteiger partial charge in [0.1, 0.15) is 6.04 Å². The first-order chi connectivity index (χ1) is 14.2. The summed E-state index contributed by atoms with van der Waals surface area (Å²) in [6, 6.07) is 19.8. The van der Waals surface area contributed by atoms with Crippen molar-refractivity contribution in [3.8, 4) is 0 Å². The smallest absolute Gasteiger partial charge is 0.322 e. The highest BCUT2D eigenvalue weighted by atomic mass is 16.2. The van der Waals surface area contributed by atoms with Crippen LogP contribution in [-0.4, -0.2) is 27.4 Å². The number of hydrogen-bond acceptors (Lipinski definition) is 2. The first-order valence-electron chi connectivity index (χ1n) is 9.84. The van der Waals surface area contributed by atoms with Crippen molar-refractivity contribution in [3.05, 3.63) is 95.4 Å². The first-order valence-corrected chi connectivity index (χ1v) is 9.84. The molecule has 1 unspecified atom stereocenters. The zero-order chi connectivity index (χ0) is 19.8. The molecule has 2 aromatic carbocycles. The standard InChI is InChI=1S/C24H22N4O/c1-16-6-4-8-18(14-16)26-24(29)28-13-11-20-19-9-2-3-10-21(19)27-22(20)23(28)17-7-5-12-25-15-17/h2-10,12,14-15,23,27H,11,13H2,1H3,(H,26,29). The third-order valence-corrected chi connectivity index (χ3v) is 5.56. The van der Waals surface area contributed by atoms with Gasteiger partial charge in [-0.2, -0.15) is 0 Å². The number of benzene rings is 2. The van der Waals surface area contributed by atoms with Crippen LogP contribution in [0.15, 0.2) is 73.1 Å². The molecule has 5 nitrogen and oxygen atoms in total. The number of aromatic nitrogens is 2. The van der Waals surface area contributed by atoms with E-state index in [9.17, 15) is 4.79 Å². The number of carbonyl (C=O) groups is 1. The van der Waals surface area contributed by atoms with Crippen molar-refractivity contribution in [3.63, 3.8) is 0 Å². The minimum atomic E-state index is -0.204. The number of nitrogens with zero attached hydrogens (tertiary/aromatic N) is 2. The third-order valence-electron chi connectivity index (χ3n) is 5.56. The average molecular weight is 382 g/mol. The summed E-state index contributed by atoms with van der Waals surface area (Å²) in [6.07, 6.45) is 4.42. The molecule has 0 spiro atoms. The van der Waals surface area contributed by atoms with E-state index in [0.29, 0.717) is 6.54 Å². The van der Waals surface area contributed by atoms with Gasteiger partial charge in [-0.05, 0) is 54.3 Å². The molecule has 2 aromatic heterocycles. The van der Waals surface area contributed by atoms with E-state index in [0.717, 1.165) is 34.4 Å². The maximum absolute atomic E-state index is 13.3. The summed E-state index contributed by atoms with van der Waals surface area (Å²) in [5, 5.41) is 4.30. The van der Waals surface area contributed by atoms with Gasteiger partial charge in [-0.1, -0.05) is 36.4 Å². The molecule has 5 heteroatoms. The predicted octanol–water partition coefficient (Wildman–Crippen LogP) is 5.05. The number of nitrogens with one attached hydrogen (secondary N) is 2. The van der Waals surface area contributed by atoms with Crippen LogP contribution in [0.5, 0.6) is 0 Å². The van der Waals surface area contributed by atoms with Crippen molar-refractivity contribution < 1.29 is 4.79 Å². The molecule has 1 aliphatic rings. The van der Waals surface area contributed by atoms with Crippen LogP contribution in [0.4, 0.5) is 10.5 Å². The van der Waals surface area contributed by atoms with Crippen LogP contribution >= 0.6 is 0 Å². The van der Waals surface area contributed by atoms with E-state index >= 15 is 0 Å². The number of H-pyrrole nitrogens is 1. The van der Waals surface area contributed by atoms with E-state index < -0.39 is 0 Å². The minimum Gasteiger partial charge on any atom is -0.356 e. The van der Waals surface area contributed by atoms with Crippen molar-refractivity contribution in [2.24, 2.45) is 0 Å². The first kappa shape index (κ1) is 17.5. The van der Waals surface area contributed by atoms with Crippen LogP contribution in [0, 0.1) is 6.92 Å². The Hall–Kier alpha value is -3.60. The number of fused-ring (bicyclic) bond motifs is 3. The van der Waals surface area contributed by atoms with E-state index in [-0.39, 0.29) is 12.1 Å². The fourth-order valence-electron chi connectivity index (χ4n) is 4.26. The van der Waals surface area contributed by atoms with E-state index in [1.165, 1.54) is 10.9 Å². The Balaban J connectivity index is 1.57. The highest BCUT2D eigenvalue weighted by Gasteiger charge is 2.34. The van der Waals surface area contributed by atoms with Crippen molar-refractivity contribution >= 4 is 22.6 Å². The predicted molar refractivity (Wildman–Crippen MR) is 115 cm³/mol. The number of aryl methyl sites for hydroxylation is 1. The van der Waals surface area contributed by atoms with Crippen LogP contribution in [-0.2, 0) is 6.42 Å². The molecule has 2 amide bonds. The van der Waals surface area contributed by atoms with Gasteiger partial charge in [-0.25, -0.2) is 4.79 Å². The van der Waals surface area contributed by atoms with Crippen LogP contribution in [0.25, 0.3) is 10.9 Å². The van der Waals surface area contributed by atoms with Crippen LogP contribution in [0.2, 0.25) is 0 Å². The summed E-state index contributed by atoms with van der Waals surface area (Å²) in [5.41, 5.74) is 6.39. The topological polar surface area (TPSA) is 61.0 Å². The maximum Gasteiger partial charge on any atom is 0.322 e. The molecule has 3 heterocycles. The Morgan fingerprint density at radius 3 is 2.86 bits per heavy atom. The van der Waals surface area contributed by atoms with Gasteiger partial charge in [0.25, 0.3) is 0 Å². The lowest BCUT2D eigenvalue weighted by Gasteiger charge is -2.36. The van der Waals surface area contributed by atoms with Gasteiger partial charge in [0.15, 0.2) is 0 Å². The number of urea groups is 1. The number of hydrogen-bond donors (Lipinski definition) is 2. The van der Waals surface area contributed by atoms with Crippen LogP contribution < -0.4 is 5.32 Å². The molecule has 0 bridgehead atoms. The number of rotatable bonds is 2. The molecule has 0 saturated heterocycles. The van der Waals surface area contributed by atoms with Crippen molar-refractivity contribution in [2.75, 3.05) is 11.9 Å². The quantitative estimate of drug-likeness (QED) is 0.510. The second-order valence-corrected chi connectivity index (χ2v) is 7.49. The second kappa shape index (κ2) is 7.09. The van der Waals surface area contributed by atoms with Crippen LogP contribution in [0.1, 0.15) is 28.4 Å². The normalized spacial score (nSPS) is 15.9. The van der Waals surface area contributed by atoms with Gasteiger partial charge in [-0.3, -0.25) is 4.98 Å². The van der Waals surface area contributed by atoms with Gasteiger partial charge < -0.3 is 15.2 Å². The summed E-state index contributed by atoms with van der Waals surface area (Å²) in [4.78, 5) is 23.0. The van der Waals surface area contributed by atoms with Crippen molar-refractivity contribution in [1.82, 2.24) is 14.9 Å². The number of pyridine rings is 1. The lowest BCUT2D eigenvalue weighted by Crippen LogP contribution is -2.43. The van der Waals surface area contributed by atoms with Crippen LogP contribution in [0.3, 0.4) is 0 Å². The molecular weight excluding hydrogens is 360 g/mol. The van der Waals surface area contributed by atoms with E-state index in [2.05, 4.69) is 33.5 Å². The molecule has 0 saturated carbocycles. The molecule has 5 rings (SSSR count). The summed E-state index contributed by atoms with van der Waals surface area (Å²) >= 11 is 0. The Morgan fingerprint density at radius 1 is 1.14 bits per heavy atom. The lowest BCUT2D eigenvalue weighted by molar-refractivity contribution is 0.193. The number of carbonyl (C=O) groups excluding carboxylic acids is 1. The summed E-state index contributed by atoms with van der Waals surface area (Å²) in [6.45, 7) is 2.66. The largest absolute Gasteiger partial charge is 0.356 e. The Morgan fingerprint density at radius 2 is 2.03 bits per heavy atom. The molecule has 1 atom stereocenters. The van der Waals surface area contributed by atoms with Crippen molar-refractivity contribution in [2.45, 2.75) is 19.4 Å². The highest BCUT2D eigenvalue weighted by Crippen LogP contribution is 2.38. The molecule has 0 radical (unpaired) electrons.